The number of aryl methyl sites for hydroxylation is 1. The van der Waals surface area contributed by atoms with E-state index in [-0.39, 0.29) is 18.2 Å². The Morgan fingerprint density at radius 2 is 2.00 bits per heavy atom. The molecule has 0 fully saturated rings. The molecule has 21 heavy (non-hydrogen) atoms. The second-order valence-corrected chi connectivity index (χ2v) is 5.74. The van der Waals surface area contributed by atoms with Crippen LogP contribution in [0.5, 0.6) is 11.5 Å². The van der Waals surface area contributed by atoms with Crippen LogP contribution in [0.3, 0.4) is 0 Å². The van der Waals surface area contributed by atoms with Crippen LogP contribution in [0.15, 0.2) is 30.3 Å². The van der Waals surface area contributed by atoms with E-state index in [0.29, 0.717) is 16.3 Å². The van der Waals surface area contributed by atoms with Gasteiger partial charge >= 0.3 is 0 Å². The lowest BCUT2D eigenvalue weighted by molar-refractivity contribution is 0.433. The topological polar surface area (TPSA) is 35.2 Å². The summed E-state index contributed by atoms with van der Waals surface area (Å²) >= 11 is 6.24. The van der Waals surface area contributed by atoms with Gasteiger partial charge in [0, 0.05) is 17.1 Å². The summed E-state index contributed by atoms with van der Waals surface area (Å²) in [5.74, 6) is 0.622. The van der Waals surface area contributed by atoms with Gasteiger partial charge in [0.25, 0.3) is 0 Å². The van der Waals surface area contributed by atoms with Crippen molar-refractivity contribution in [3.8, 4) is 11.5 Å². The van der Waals surface area contributed by atoms with Gasteiger partial charge in [-0.2, -0.15) is 0 Å². The van der Waals surface area contributed by atoms with E-state index in [9.17, 15) is 4.39 Å². The largest absolute Gasteiger partial charge is 0.454 e. The average molecular weight is 308 g/mol. The van der Waals surface area contributed by atoms with Crippen molar-refractivity contribution >= 4 is 11.6 Å². The Kier molecular flexibility index (Phi) is 4.86. The second kappa shape index (κ2) is 6.46. The summed E-state index contributed by atoms with van der Waals surface area (Å²) in [5.41, 5.74) is 8.11. The van der Waals surface area contributed by atoms with Crippen LogP contribution >= 0.6 is 11.6 Å². The highest BCUT2D eigenvalue weighted by atomic mass is 35.5. The summed E-state index contributed by atoms with van der Waals surface area (Å²) in [6, 6.07) is 8.46. The molecular weight excluding hydrogens is 289 g/mol. The molecule has 0 amide bonds. The zero-order valence-electron chi connectivity index (χ0n) is 12.4. The van der Waals surface area contributed by atoms with E-state index in [0.717, 1.165) is 11.1 Å². The molecule has 2 aromatic carbocycles. The van der Waals surface area contributed by atoms with Crippen molar-refractivity contribution in [2.45, 2.75) is 33.2 Å². The third-order valence-corrected chi connectivity index (χ3v) is 3.72. The van der Waals surface area contributed by atoms with Crippen molar-refractivity contribution < 1.29 is 9.13 Å². The standard InChI is InChI=1S/C17H19ClFNO/c1-10(2)13-8-16(11(3)7-14(13)18)21-17-12(9-20)5-4-6-15(17)19/h4-8,10H,9,20H2,1-3H3. The van der Waals surface area contributed by atoms with Gasteiger partial charge in [0.2, 0.25) is 0 Å². The van der Waals surface area contributed by atoms with Gasteiger partial charge in [-0.15, -0.1) is 0 Å². The second-order valence-electron chi connectivity index (χ2n) is 5.33. The number of hydrogen-bond acceptors (Lipinski definition) is 2. The first-order chi connectivity index (χ1) is 9.93. The first-order valence-corrected chi connectivity index (χ1v) is 7.27. The molecule has 2 aromatic rings. The smallest absolute Gasteiger partial charge is 0.167 e. The molecule has 0 heterocycles. The SMILES string of the molecule is Cc1cc(Cl)c(C(C)C)cc1Oc1c(F)cccc1CN. The molecule has 0 aromatic heterocycles. The molecular formula is C17H19ClFNO. The van der Waals surface area contributed by atoms with E-state index in [2.05, 4.69) is 13.8 Å². The van der Waals surface area contributed by atoms with E-state index < -0.39 is 5.82 Å². The number of halogens is 2. The van der Waals surface area contributed by atoms with Crippen molar-refractivity contribution in [3.63, 3.8) is 0 Å². The van der Waals surface area contributed by atoms with Gasteiger partial charge in [-0.05, 0) is 42.2 Å². The van der Waals surface area contributed by atoms with Crippen LogP contribution in [0.1, 0.15) is 36.5 Å². The first-order valence-electron chi connectivity index (χ1n) is 6.89. The van der Waals surface area contributed by atoms with Crippen LogP contribution in [-0.2, 0) is 6.54 Å². The van der Waals surface area contributed by atoms with Gasteiger partial charge in [-0.1, -0.05) is 37.6 Å². The highest BCUT2D eigenvalue weighted by Crippen LogP contribution is 2.35. The van der Waals surface area contributed by atoms with E-state index in [1.165, 1.54) is 6.07 Å². The number of rotatable bonds is 4. The number of ether oxygens (including phenoxy) is 1. The predicted molar refractivity (Wildman–Crippen MR) is 84.6 cm³/mol. The third-order valence-electron chi connectivity index (χ3n) is 3.40. The van der Waals surface area contributed by atoms with Crippen molar-refractivity contribution in [3.05, 3.63) is 57.9 Å². The number of hydrogen-bond donors (Lipinski definition) is 1. The lowest BCUT2D eigenvalue weighted by Gasteiger charge is -2.16. The summed E-state index contributed by atoms with van der Waals surface area (Å²) in [7, 11) is 0. The zero-order chi connectivity index (χ0) is 15.6. The van der Waals surface area contributed by atoms with Gasteiger partial charge in [-0.25, -0.2) is 4.39 Å². The fourth-order valence-corrected chi connectivity index (χ4v) is 2.60. The molecule has 0 aliphatic heterocycles. The summed E-state index contributed by atoms with van der Waals surface area (Å²) in [4.78, 5) is 0. The van der Waals surface area contributed by atoms with E-state index in [1.54, 1.807) is 12.1 Å². The maximum Gasteiger partial charge on any atom is 0.167 e. The monoisotopic (exact) mass is 307 g/mol. The van der Waals surface area contributed by atoms with Crippen LogP contribution in [0.2, 0.25) is 5.02 Å². The van der Waals surface area contributed by atoms with Crippen LogP contribution in [0, 0.1) is 12.7 Å². The third kappa shape index (κ3) is 3.36. The molecule has 0 saturated carbocycles. The molecule has 0 aliphatic carbocycles. The fraction of sp³-hybridized carbons (Fsp3) is 0.294. The maximum absolute atomic E-state index is 14.0. The summed E-state index contributed by atoms with van der Waals surface area (Å²) in [6.07, 6.45) is 0. The van der Waals surface area contributed by atoms with E-state index >= 15 is 0 Å². The summed E-state index contributed by atoms with van der Waals surface area (Å²) in [6.45, 7) is 6.20. The van der Waals surface area contributed by atoms with Crippen molar-refractivity contribution in [1.82, 2.24) is 0 Å². The number of para-hydroxylation sites is 1. The van der Waals surface area contributed by atoms with E-state index in [1.807, 2.05) is 19.1 Å². The molecule has 2 nitrogen and oxygen atoms in total. The molecule has 2 N–H and O–H groups in total. The number of benzene rings is 2. The Hall–Kier alpha value is -1.58. The molecule has 0 spiro atoms. The number of nitrogens with two attached hydrogens (primary N) is 1. The van der Waals surface area contributed by atoms with Crippen molar-refractivity contribution in [1.29, 1.82) is 0 Å². The van der Waals surface area contributed by atoms with Gasteiger partial charge in [-0.3, -0.25) is 0 Å². The van der Waals surface area contributed by atoms with Gasteiger partial charge < -0.3 is 10.5 Å². The summed E-state index contributed by atoms with van der Waals surface area (Å²) in [5, 5.41) is 0.697. The molecule has 4 heteroatoms. The molecule has 0 bridgehead atoms. The van der Waals surface area contributed by atoms with Crippen molar-refractivity contribution in [2.24, 2.45) is 5.73 Å². The predicted octanol–water partition coefficient (Wildman–Crippen LogP) is 5.16. The van der Waals surface area contributed by atoms with Crippen LogP contribution in [-0.4, -0.2) is 0 Å². The normalized spacial score (nSPS) is 11.0. The molecule has 0 atom stereocenters. The molecule has 0 radical (unpaired) electrons. The fourth-order valence-electron chi connectivity index (χ4n) is 2.16. The summed E-state index contributed by atoms with van der Waals surface area (Å²) < 4.78 is 19.8. The molecule has 0 unspecified atom stereocenters. The van der Waals surface area contributed by atoms with Crippen LogP contribution in [0.25, 0.3) is 0 Å². The average Bonchev–Trinajstić information content (AvgIpc) is 2.43. The van der Waals surface area contributed by atoms with Crippen molar-refractivity contribution in [2.75, 3.05) is 0 Å². The quantitative estimate of drug-likeness (QED) is 0.846. The maximum atomic E-state index is 14.0. The Bertz CT molecular complexity index is 655. The lowest BCUT2D eigenvalue weighted by atomic mass is 10.0. The molecule has 2 rings (SSSR count). The minimum absolute atomic E-state index is 0.181. The molecule has 0 aliphatic rings. The Morgan fingerprint density at radius 1 is 1.29 bits per heavy atom. The molecule has 112 valence electrons. The lowest BCUT2D eigenvalue weighted by Crippen LogP contribution is -2.02. The van der Waals surface area contributed by atoms with Gasteiger partial charge in [0.1, 0.15) is 5.75 Å². The first kappa shape index (κ1) is 15.8. The van der Waals surface area contributed by atoms with Crippen LogP contribution < -0.4 is 10.5 Å². The highest BCUT2D eigenvalue weighted by Gasteiger charge is 2.14. The van der Waals surface area contributed by atoms with Gasteiger partial charge in [0.05, 0.1) is 0 Å². The van der Waals surface area contributed by atoms with E-state index in [4.69, 9.17) is 22.1 Å². The Balaban J connectivity index is 2.47. The minimum Gasteiger partial charge on any atom is -0.454 e. The minimum atomic E-state index is -0.418. The van der Waals surface area contributed by atoms with Crippen LogP contribution in [0.4, 0.5) is 4.39 Å². The molecule has 0 saturated heterocycles. The Morgan fingerprint density at radius 3 is 2.62 bits per heavy atom. The highest BCUT2D eigenvalue weighted by molar-refractivity contribution is 6.31. The zero-order valence-corrected chi connectivity index (χ0v) is 13.2. The Labute approximate surface area is 129 Å². The van der Waals surface area contributed by atoms with Gasteiger partial charge in [0.15, 0.2) is 11.6 Å².